The highest BCUT2D eigenvalue weighted by molar-refractivity contribution is 5.75. The van der Waals surface area contributed by atoms with E-state index in [1.54, 1.807) is 0 Å². The Morgan fingerprint density at radius 3 is 2.30 bits per heavy atom. The van der Waals surface area contributed by atoms with Crippen molar-refractivity contribution in [3.05, 3.63) is 24.3 Å². The molecule has 1 aromatic rings. The van der Waals surface area contributed by atoms with Gasteiger partial charge in [-0.05, 0) is 25.0 Å². The molecular formula is C14H17F3O3. The molecule has 0 spiro atoms. The molecule has 0 aromatic heterocycles. The van der Waals surface area contributed by atoms with Gasteiger partial charge in [0.1, 0.15) is 0 Å². The fourth-order valence-corrected chi connectivity index (χ4v) is 1.77. The normalized spacial score (nSPS) is 12.8. The van der Waals surface area contributed by atoms with Gasteiger partial charge in [0.2, 0.25) is 0 Å². The second-order valence-electron chi connectivity index (χ2n) is 4.31. The molecule has 0 radical (unpaired) electrons. The summed E-state index contributed by atoms with van der Waals surface area (Å²) >= 11 is 0. The largest absolute Gasteiger partial charge is 0.573 e. The molecule has 0 heterocycles. The number of alkyl halides is 3. The van der Waals surface area contributed by atoms with Gasteiger partial charge in [-0.25, -0.2) is 0 Å². The van der Waals surface area contributed by atoms with Gasteiger partial charge in [0.05, 0.1) is 5.92 Å². The predicted molar refractivity (Wildman–Crippen MR) is 67.4 cm³/mol. The van der Waals surface area contributed by atoms with Crippen LogP contribution in [0.15, 0.2) is 24.3 Å². The van der Waals surface area contributed by atoms with Gasteiger partial charge in [-0.1, -0.05) is 32.4 Å². The van der Waals surface area contributed by atoms with Crippen LogP contribution in [0.25, 0.3) is 0 Å². The summed E-state index contributed by atoms with van der Waals surface area (Å²) in [7, 11) is 0. The minimum atomic E-state index is -4.82. The van der Waals surface area contributed by atoms with Gasteiger partial charge in [0, 0.05) is 0 Å². The molecule has 0 saturated carbocycles. The lowest BCUT2D eigenvalue weighted by Crippen LogP contribution is -2.22. The molecule has 0 bridgehead atoms. The van der Waals surface area contributed by atoms with Crippen LogP contribution in [0.5, 0.6) is 11.5 Å². The maximum absolute atomic E-state index is 12.2. The summed E-state index contributed by atoms with van der Waals surface area (Å²) in [6.45, 7) is 3.76. The Balaban J connectivity index is 2.84. The van der Waals surface area contributed by atoms with E-state index in [2.05, 4.69) is 4.74 Å². The Hall–Kier alpha value is -1.72. The van der Waals surface area contributed by atoms with Gasteiger partial charge in [-0.15, -0.1) is 13.2 Å². The van der Waals surface area contributed by atoms with E-state index < -0.39 is 18.1 Å². The molecule has 1 atom stereocenters. The fourth-order valence-electron chi connectivity index (χ4n) is 1.77. The summed E-state index contributed by atoms with van der Waals surface area (Å²) in [5.74, 6) is -1.59. The van der Waals surface area contributed by atoms with E-state index in [0.717, 1.165) is 12.5 Å². The zero-order valence-electron chi connectivity index (χ0n) is 11.4. The van der Waals surface area contributed by atoms with E-state index in [4.69, 9.17) is 4.74 Å². The number of esters is 1. The molecule has 1 unspecified atom stereocenters. The number of hydrogen-bond acceptors (Lipinski definition) is 3. The van der Waals surface area contributed by atoms with Crippen molar-refractivity contribution in [2.24, 2.45) is 5.92 Å². The number of carbonyl (C=O) groups excluding carboxylic acids is 1. The first kappa shape index (κ1) is 16.3. The number of benzene rings is 1. The van der Waals surface area contributed by atoms with Crippen molar-refractivity contribution in [2.45, 2.75) is 39.5 Å². The van der Waals surface area contributed by atoms with E-state index >= 15 is 0 Å². The van der Waals surface area contributed by atoms with E-state index in [9.17, 15) is 18.0 Å². The molecule has 0 aliphatic rings. The number of rotatable bonds is 6. The van der Waals surface area contributed by atoms with Crippen LogP contribution in [0.3, 0.4) is 0 Å². The molecule has 3 nitrogen and oxygen atoms in total. The van der Waals surface area contributed by atoms with Gasteiger partial charge in [0.25, 0.3) is 0 Å². The topological polar surface area (TPSA) is 35.5 Å². The second-order valence-corrected chi connectivity index (χ2v) is 4.31. The molecule has 112 valence electrons. The van der Waals surface area contributed by atoms with E-state index in [1.807, 2.05) is 13.8 Å². The third-order valence-electron chi connectivity index (χ3n) is 2.75. The summed E-state index contributed by atoms with van der Waals surface area (Å²) in [4.78, 5) is 11.9. The Labute approximate surface area is 115 Å². The zero-order chi connectivity index (χ0) is 15.2. The molecule has 0 aliphatic heterocycles. The smallest absolute Gasteiger partial charge is 0.422 e. The Bertz CT molecular complexity index is 444. The first-order valence-corrected chi connectivity index (χ1v) is 6.43. The standard InChI is InChI=1S/C14H17F3O3/c1-3-7-10(4-2)13(18)19-11-8-5-6-9-12(11)20-14(15,16)17/h5-6,8-10H,3-4,7H2,1-2H3. The zero-order valence-corrected chi connectivity index (χ0v) is 11.4. The van der Waals surface area contributed by atoms with Crippen LogP contribution in [-0.2, 0) is 4.79 Å². The molecule has 1 aromatic carbocycles. The van der Waals surface area contributed by atoms with Crippen LogP contribution in [-0.4, -0.2) is 12.3 Å². The minimum absolute atomic E-state index is 0.218. The Kier molecular flexibility index (Phi) is 5.85. The maximum Gasteiger partial charge on any atom is 0.573 e. The summed E-state index contributed by atoms with van der Waals surface area (Å²) in [6, 6.07) is 5.24. The van der Waals surface area contributed by atoms with Crippen LogP contribution in [0.4, 0.5) is 13.2 Å². The SMILES string of the molecule is CCCC(CC)C(=O)Oc1ccccc1OC(F)(F)F. The lowest BCUT2D eigenvalue weighted by atomic mass is 10.0. The maximum atomic E-state index is 12.2. The van der Waals surface area contributed by atoms with Gasteiger partial charge >= 0.3 is 12.3 Å². The van der Waals surface area contributed by atoms with Crippen molar-refractivity contribution in [1.29, 1.82) is 0 Å². The average Bonchev–Trinajstić information content (AvgIpc) is 2.36. The first-order valence-electron chi connectivity index (χ1n) is 6.43. The van der Waals surface area contributed by atoms with Crippen LogP contribution in [0, 0.1) is 5.92 Å². The lowest BCUT2D eigenvalue weighted by molar-refractivity contribution is -0.275. The van der Waals surface area contributed by atoms with Gasteiger partial charge in [0.15, 0.2) is 11.5 Å². The summed E-state index contributed by atoms with van der Waals surface area (Å²) in [6.07, 6.45) is -2.81. The van der Waals surface area contributed by atoms with Gasteiger partial charge in [-0.2, -0.15) is 0 Å². The summed E-state index contributed by atoms with van der Waals surface area (Å²) < 4.78 is 45.6. The van der Waals surface area contributed by atoms with Crippen molar-refractivity contribution < 1.29 is 27.4 Å². The predicted octanol–water partition coefficient (Wildman–Crippen LogP) is 4.32. The monoisotopic (exact) mass is 290 g/mol. The van der Waals surface area contributed by atoms with Crippen molar-refractivity contribution in [2.75, 3.05) is 0 Å². The highest BCUT2D eigenvalue weighted by atomic mass is 19.4. The van der Waals surface area contributed by atoms with Crippen molar-refractivity contribution in [3.8, 4) is 11.5 Å². The first-order chi connectivity index (χ1) is 9.37. The fraction of sp³-hybridized carbons (Fsp3) is 0.500. The van der Waals surface area contributed by atoms with Gasteiger partial charge < -0.3 is 9.47 Å². The Morgan fingerprint density at radius 1 is 1.20 bits per heavy atom. The van der Waals surface area contributed by atoms with E-state index in [-0.39, 0.29) is 11.7 Å². The number of para-hydroxylation sites is 2. The minimum Gasteiger partial charge on any atom is -0.422 e. The number of carbonyl (C=O) groups is 1. The molecule has 0 saturated heterocycles. The third-order valence-corrected chi connectivity index (χ3v) is 2.75. The molecule has 0 aliphatic carbocycles. The molecule has 20 heavy (non-hydrogen) atoms. The molecule has 0 amide bonds. The Morgan fingerprint density at radius 2 is 1.80 bits per heavy atom. The van der Waals surface area contributed by atoms with Crippen molar-refractivity contribution in [3.63, 3.8) is 0 Å². The van der Waals surface area contributed by atoms with Crippen LogP contribution >= 0.6 is 0 Å². The molecular weight excluding hydrogens is 273 g/mol. The van der Waals surface area contributed by atoms with E-state index in [0.29, 0.717) is 12.8 Å². The molecule has 6 heteroatoms. The van der Waals surface area contributed by atoms with Crippen LogP contribution in [0.2, 0.25) is 0 Å². The number of hydrogen-bond donors (Lipinski definition) is 0. The lowest BCUT2D eigenvalue weighted by Gasteiger charge is -2.16. The third kappa shape index (κ3) is 5.11. The quantitative estimate of drug-likeness (QED) is 0.578. The summed E-state index contributed by atoms with van der Waals surface area (Å²) in [5, 5.41) is 0. The van der Waals surface area contributed by atoms with E-state index in [1.165, 1.54) is 18.2 Å². The molecule has 0 N–H and O–H groups in total. The second kappa shape index (κ2) is 7.17. The summed E-state index contributed by atoms with van der Waals surface area (Å²) in [5.41, 5.74) is 0. The number of ether oxygens (including phenoxy) is 2. The van der Waals surface area contributed by atoms with Crippen LogP contribution < -0.4 is 9.47 Å². The highest BCUT2D eigenvalue weighted by Gasteiger charge is 2.33. The molecule has 0 fully saturated rings. The van der Waals surface area contributed by atoms with Gasteiger partial charge in [-0.3, -0.25) is 4.79 Å². The van der Waals surface area contributed by atoms with Crippen molar-refractivity contribution in [1.82, 2.24) is 0 Å². The average molecular weight is 290 g/mol. The van der Waals surface area contributed by atoms with Crippen molar-refractivity contribution >= 4 is 5.97 Å². The highest BCUT2D eigenvalue weighted by Crippen LogP contribution is 2.32. The van der Waals surface area contributed by atoms with Crippen LogP contribution in [0.1, 0.15) is 33.1 Å². The number of halogens is 3. The molecule has 1 rings (SSSR count).